The first kappa shape index (κ1) is 14.3. The Morgan fingerprint density at radius 1 is 1.45 bits per heavy atom. The maximum atomic E-state index is 12.6. The summed E-state index contributed by atoms with van der Waals surface area (Å²) < 4.78 is 3.19. The highest BCUT2D eigenvalue weighted by Crippen LogP contribution is 2.14. The van der Waals surface area contributed by atoms with Gasteiger partial charge in [-0.15, -0.1) is 6.58 Å². The number of aromatic nitrogens is 4. The molecule has 6 nitrogen and oxygen atoms in total. The lowest BCUT2D eigenvalue weighted by Gasteiger charge is -2.14. The quantitative estimate of drug-likeness (QED) is 0.843. The van der Waals surface area contributed by atoms with Gasteiger partial charge in [-0.2, -0.15) is 5.10 Å². The summed E-state index contributed by atoms with van der Waals surface area (Å²) in [6, 6.07) is 0. The molecule has 0 aromatic carbocycles. The summed E-state index contributed by atoms with van der Waals surface area (Å²) >= 11 is 0. The van der Waals surface area contributed by atoms with Crippen LogP contribution in [0.3, 0.4) is 0 Å². The molecule has 1 N–H and O–H groups in total. The molecule has 0 bridgehead atoms. The van der Waals surface area contributed by atoms with Crippen LogP contribution in [-0.4, -0.2) is 25.9 Å². The summed E-state index contributed by atoms with van der Waals surface area (Å²) in [5.41, 5.74) is 1.85. The van der Waals surface area contributed by atoms with Crippen LogP contribution in [0, 0.1) is 12.8 Å². The number of hydrogen-bond donors (Lipinski definition) is 1. The van der Waals surface area contributed by atoms with E-state index in [4.69, 9.17) is 0 Å². The van der Waals surface area contributed by atoms with Crippen molar-refractivity contribution in [3.05, 3.63) is 28.7 Å². The maximum absolute atomic E-state index is 12.6. The molecule has 6 heteroatoms. The second-order valence-corrected chi connectivity index (χ2v) is 5.32. The summed E-state index contributed by atoms with van der Waals surface area (Å²) in [7, 11) is 1.76. The average molecular weight is 275 g/mol. The minimum atomic E-state index is -0.0933. The summed E-state index contributed by atoms with van der Waals surface area (Å²) in [5.74, 6) is 1.04. The molecule has 0 amide bonds. The molecule has 108 valence electrons. The molecule has 2 aromatic heterocycles. The van der Waals surface area contributed by atoms with Gasteiger partial charge < -0.3 is 5.32 Å². The SMILES string of the molecule is C=CCn1c(NCC(C)C)nc2c(C)nn(C)c2c1=O. The van der Waals surface area contributed by atoms with Crippen LogP contribution in [0.2, 0.25) is 0 Å². The molecule has 0 spiro atoms. The molecular weight excluding hydrogens is 254 g/mol. The Balaban J connectivity index is 2.65. The molecule has 0 radical (unpaired) electrons. The van der Waals surface area contributed by atoms with Crippen molar-refractivity contribution in [3.63, 3.8) is 0 Å². The molecular formula is C14H21N5O. The Labute approximate surface area is 118 Å². The van der Waals surface area contributed by atoms with Crippen LogP contribution >= 0.6 is 0 Å². The zero-order chi connectivity index (χ0) is 14.9. The highest BCUT2D eigenvalue weighted by atomic mass is 16.1. The highest BCUT2D eigenvalue weighted by molar-refractivity contribution is 5.77. The van der Waals surface area contributed by atoms with E-state index in [0.29, 0.717) is 29.4 Å². The molecule has 0 saturated heterocycles. The van der Waals surface area contributed by atoms with Crippen LogP contribution in [0.5, 0.6) is 0 Å². The van der Waals surface area contributed by atoms with Crippen molar-refractivity contribution in [2.45, 2.75) is 27.3 Å². The molecule has 2 rings (SSSR count). The van der Waals surface area contributed by atoms with Crippen LogP contribution in [0.25, 0.3) is 11.0 Å². The van der Waals surface area contributed by atoms with Gasteiger partial charge in [-0.05, 0) is 12.8 Å². The van der Waals surface area contributed by atoms with Crippen molar-refractivity contribution in [2.75, 3.05) is 11.9 Å². The predicted octanol–water partition coefficient (Wildman–Crippen LogP) is 1.69. The number of fused-ring (bicyclic) bond motifs is 1. The monoisotopic (exact) mass is 275 g/mol. The molecule has 0 atom stereocenters. The topological polar surface area (TPSA) is 64.7 Å². The third-order valence-electron chi connectivity index (χ3n) is 3.09. The van der Waals surface area contributed by atoms with Gasteiger partial charge in [-0.25, -0.2) is 4.98 Å². The van der Waals surface area contributed by atoms with E-state index in [1.165, 1.54) is 0 Å². The molecule has 0 aliphatic carbocycles. The Kier molecular flexibility index (Phi) is 3.92. The summed E-state index contributed by atoms with van der Waals surface area (Å²) in [6.45, 7) is 11.0. The first-order valence-electron chi connectivity index (χ1n) is 6.74. The van der Waals surface area contributed by atoms with Crippen molar-refractivity contribution >= 4 is 17.0 Å². The molecule has 2 aromatic rings. The van der Waals surface area contributed by atoms with E-state index in [-0.39, 0.29) is 5.56 Å². The van der Waals surface area contributed by atoms with E-state index in [2.05, 4.69) is 35.8 Å². The van der Waals surface area contributed by atoms with E-state index < -0.39 is 0 Å². The number of aryl methyl sites for hydroxylation is 2. The third-order valence-corrected chi connectivity index (χ3v) is 3.09. The van der Waals surface area contributed by atoms with Crippen molar-refractivity contribution in [3.8, 4) is 0 Å². The standard InChI is InChI=1S/C14H21N5O/c1-6-7-19-13(20)12-11(10(4)17-18(12)5)16-14(19)15-8-9(2)3/h6,9H,1,7-8H2,2-5H3,(H,15,16). The van der Waals surface area contributed by atoms with Crippen molar-refractivity contribution < 1.29 is 0 Å². The third kappa shape index (κ3) is 2.45. The van der Waals surface area contributed by atoms with Crippen molar-refractivity contribution in [2.24, 2.45) is 13.0 Å². The van der Waals surface area contributed by atoms with Crippen LogP contribution in [0.4, 0.5) is 5.95 Å². The summed E-state index contributed by atoms with van der Waals surface area (Å²) in [4.78, 5) is 17.2. The fraction of sp³-hybridized carbons (Fsp3) is 0.500. The highest BCUT2D eigenvalue weighted by Gasteiger charge is 2.16. The summed E-state index contributed by atoms with van der Waals surface area (Å²) in [5, 5.41) is 7.51. The van der Waals surface area contributed by atoms with Gasteiger partial charge in [0.15, 0.2) is 5.52 Å². The lowest BCUT2D eigenvalue weighted by molar-refractivity contribution is 0.670. The molecule has 20 heavy (non-hydrogen) atoms. The smallest absolute Gasteiger partial charge is 0.281 e. The minimum Gasteiger partial charge on any atom is -0.355 e. The van der Waals surface area contributed by atoms with E-state index in [1.807, 2.05) is 6.92 Å². The Morgan fingerprint density at radius 3 is 2.75 bits per heavy atom. The lowest BCUT2D eigenvalue weighted by atomic mass is 10.2. The Bertz CT molecular complexity index is 696. The number of anilines is 1. The van der Waals surface area contributed by atoms with Gasteiger partial charge in [0, 0.05) is 20.1 Å². The molecule has 0 saturated carbocycles. The van der Waals surface area contributed by atoms with Crippen LogP contribution < -0.4 is 10.9 Å². The summed E-state index contributed by atoms with van der Waals surface area (Å²) in [6.07, 6.45) is 1.69. The number of rotatable bonds is 5. The van der Waals surface area contributed by atoms with Crippen molar-refractivity contribution in [1.29, 1.82) is 0 Å². The van der Waals surface area contributed by atoms with Crippen LogP contribution in [0.15, 0.2) is 17.4 Å². The molecule has 0 aliphatic rings. The van der Waals surface area contributed by atoms with Gasteiger partial charge in [-0.1, -0.05) is 19.9 Å². The molecule has 0 unspecified atom stereocenters. The Hall–Kier alpha value is -2.11. The van der Waals surface area contributed by atoms with Gasteiger partial charge >= 0.3 is 0 Å². The molecule has 0 aliphatic heterocycles. The van der Waals surface area contributed by atoms with Crippen molar-refractivity contribution in [1.82, 2.24) is 19.3 Å². The zero-order valence-corrected chi connectivity index (χ0v) is 12.5. The number of nitrogens with one attached hydrogen (secondary N) is 1. The molecule has 0 fully saturated rings. The largest absolute Gasteiger partial charge is 0.355 e. The van der Waals surface area contributed by atoms with Gasteiger partial charge in [-0.3, -0.25) is 14.0 Å². The molecule has 2 heterocycles. The first-order chi connectivity index (χ1) is 9.45. The van der Waals surface area contributed by atoms with E-state index in [0.717, 1.165) is 12.2 Å². The van der Waals surface area contributed by atoms with Gasteiger partial charge in [0.05, 0.1) is 5.69 Å². The zero-order valence-electron chi connectivity index (χ0n) is 12.5. The number of hydrogen-bond acceptors (Lipinski definition) is 4. The first-order valence-corrected chi connectivity index (χ1v) is 6.74. The fourth-order valence-corrected chi connectivity index (χ4v) is 2.14. The second kappa shape index (κ2) is 5.48. The lowest BCUT2D eigenvalue weighted by Crippen LogP contribution is -2.27. The van der Waals surface area contributed by atoms with Gasteiger partial charge in [0.2, 0.25) is 5.95 Å². The average Bonchev–Trinajstić information content (AvgIpc) is 2.66. The Morgan fingerprint density at radius 2 is 2.15 bits per heavy atom. The second-order valence-electron chi connectivity index (χ2n) is 5.32. The van der Waals surface area contributed by atoms with E-state index in [9.17, 15) is 4.79 Å². The maximum Gasteiger partial charge on any atom is 0.281 e. The number of nitrogens with zero attached hydrogens (tertiary/aromatic N) is 4. The van der Waals surface area contributed by atoms with E-state index in [1.54, 1.807) is 22.4 Å². The van der Waals surface area contributed by atoms with E-state index >= 15 is 0 Å². The van der Waals surface area contributed by atoms with Gasteiger partial charge in [0.1, 0.15) is 5.52 Å². The van der Waals surface area contributed by atoms with Crippen LogP contribution in [0.1, 0.15) is 19.5 Å². The predicted molar refractivity (Wildman–Crippen MR) is 81.0 cm³/mol. The van der Waals surface area contributed by atoms with Crippen LogP contribution in [-0.2, 0) is 13.6 Å². The van der Waals surface area contributed by atoms with Gasteiger partial charge in [0.25, 0.3) is 5.56 Å². The number of allylic oxidation sites excluding steroid dienone is 1. The fourth-order valence-electron chi connectivity index (χ4n) is 2.14. The normalized spacial score (nSPS) is 11.2. The minimum absolute atomic E-state index is 0.0933.